The minimum Gasteiger partial charge on any atom is -0.346 e. The Bertz CT molecular complexity index is 1160. The molecule has 0 amide bonds. The Kier molecular flexibility index (Phi) is 4.98. The van der Waals surface area contributed by atoms with E-state index in [-0.39, 0.29) is 5.78 Å². The van der Waals surface area contributed by atoms with Crippen molar-refractivity contribution < 1.29 is 4.79 Å². The second-order valence-electron chi connectivity index (χ2n) is 6.01. The number of ketones is 1. The van der Waals surface area contributed by atoms with Crippen molar-refractivity contribution in [3.8, 4) is 11.8 Å². The molecule has 2 heterocycles. The average molecular weight is 404 g/mol. The van der Waals surface area contributed by atoms with Crippen LogP contribution in [0.2, 0.25) is 5.02 Å². The van der Waals surface area contributed by atoms with Gasteiger partial charge in [0.1, 0.15) is 21.5 Å². The van der Waals surface area contributed by atoms with Crippen molar-refractivity contribution in [2.45, 2.75) is 0 Å². The molecule has 28 heavy (non-hydrogen) atoms. The van der Waals surface area contributed by atoms with Gasteiger partial charge in [0.05, 0.1) is 5.69 Å². The molecule has 0 saturated heterocycles. The topological polar surface area (TPSA) is 57.8 Å². The molecule has 0 aliphatic heterocycles. The van der Waals surface area contributed by atoms with Crippen molar-refractivity contribution in [2.24, 2.45) is 0 Å². The highest BCUT2D eigenvalue weighted by atomic mass is 35.5. The first-order valence-electron chi connectivity index (χ1n) is 8.50. The SMILES string of the molecule is N#Cc1c(Nc2ccccc2)sc(C(=O)c2ccc(Cl)cc2)c1-n1cccc1. The number of halogens is 1. The maximum atomic E-state index is 13.2. The van der Waals surface area contributed by atoms with E-state index >= 15 is 0 Å². The van der Waals surface area contributed by atoms with Gasteiger partial charge >= 0.3 is 0 Å². The zero-order valence-electron chi connectivity index (χ0n) is 14.6. The van der Waals surface area contributed by atoms with E-state index in [1.165, 1.54) is 11.3 Å². The van der Waals surface area contributed by atoms with Gasteiger partial charge < -0.3 is 9.88 Å². The molecule has 4 rings (SSSR count). The molecule has 0 aliphatic carbocycles. The number of carbonyl (C=O) groups is 1. The van der Waals surface area contributed by atoms with Crippen LogP contribution in [0.25, 0.3) is 5.69 Å². The van der Waals surface area contributed by atoms with E-state index in [1.54, 1.807) is 28.8 Å². The zero-order chi connectivity index (χ0) is 19.5. The van der Waals surface area contributed by atoms with Crippen LogP contribution in [0, 0.1) is 11.3 Å². The minimum atomic E-state index is -0.150. The molecule has 0 fully saturated rings. The lowest BCUT2D eigenvalue weighted by atomic mass is 10.1. The van der Waals surface area contributed by atoms with E-state index in [2.05, 4.69) is 11.4 Å². The highest BCUT2D eigenvalue weighted by Crippen LogP contribution is 2.38. The Hall–Kier alpha value is -3.33. The van der Waals surface area contributed by atoms with Crippen LogP contribution in [0.1, 0.15) is 20.8 Å². The summed E-state index contributed by atoms with van der Waals surface area (Å²) < 4.78 is 1.80. The number of benzene rings is 2. The Morgan fingerprint density at radius 1 is 1.00 bits per heavy atom. The molecular weight excluding hydrogens is 390 g/mol. The number of hydrogen-bond acceptors (Lipinski definition) is 4. The lowest BCUT2D eigenvalue weighted by Gasteiger charge is -2.06. The van der Waals surface area contributed by atoms with E-state index in [0.29, 0.717) is 31.7 Å². The number of hydrogen-bond donors (Lipinski definition) is 1. The van der Waals surface area contributed by atoms with Crippen molar-refractivity contribution in [1.82, 2.24) is 4.57 Å². The van der Waals surface area contributed by atoms with Gasteiger partial charge in [0.2, 0.25) is 5.78 Å². The summed E-state index contributed by atoms with van der Waals surface area (Å²) in [6, 6.07) is 22.3. The lowest BCUT2D eigenvalue weighted by Crippen LogP contribution is -2.04. The Balaban J connectivity index is 1.86. The fourth-order valence-corrected chi connectivity index (χ4v) is 4.14. The summed E-state index contributed by atoms with van der Waals surface area (Å²) in [4.78, 5) is 13.7. The number of anilines is 2. The van der Waals surface area contributed by atoms with E-state index < -0.39 is 0 Å². The van der Waals surface area contributed by atoms with E-state index in [9.17, 15) is 10.1 Å². The fraction of sp³-hybridized carbons (Fsp3) is 0. The van der Waals surface area contributed by atoms with E-state index in [0.717, 1.165) is 5.69 Å². The van der Waals surface area contributed by atoms with Crippen LogP contribution in [0.3, 0.4) is 0 Å². The first-order valence-corrected chi connectivity index (χ1v) is 9.69. The maximum absolute atomic E-state index is 13.2. The Labute approximate surface area is 171 Å². The highest BCUT2D eigenvalue weighted by molar-refractivity contribution is 7.19. The third-order valence-corrected chi connectivity index (χ3v) is 5.55. The third kappa shape index (κ3) is 3.44. The molecule has 0 radical (unpaired) electrons. The second-order valence-corrected chi connectivity index (χ2v) is 7.47. The summed E-state index contributed by atoms with van der Waals surface area (Å²) in [5, 5.41) is 14.3. The quantitative estimate of drug-likeness (QED) is 0.413. The fourth-order valence-electron chi connectivity index (χ4n) is 2.88. The molecule has 6 heteroatoms. The van der Waals surface area contributed by atoms with Crippen LogP contribution >= 0.6 is 22.9 Å². The van der Waals surface area contributed by atoms with Gasteiger partial charge in [-0.2, -0.15) is 5.26 Å². The summed E-state index contributed by atoms with van der Waals surface area (Å²) >= 11 is 7.23. The largest absolute Gasteiger partial charge is 0.346 e. The van der Waals surface area contributed by atoms with Gasteiger partial charge in [-0.15, -0.1) is 11.3 Å². The molecular formula is C22H14ClN3OS. The zero-order valence-corrected chi connectivity index (χ0v) is 16.2. The monoisotopic (exact) mass is 403 g/mol. The number of nitriles is 1. The maximum Gasteiger partial charge on any atom is 0.205 e. The van der Waals surface area contributed by atoms with Gasteiger partial charge in [-0.25, -0.2) is 0 Å². The predicted octanol–water partition coefficient (Wildman–Crippen LogP) is 6.04. The van der Waals surface area contributed by atoms with E-state index in [4.69, 9.17) is 11.6 Å². The van der Waals surface area contributed by atoms with Crippen molar-refractivity contribution in [3.63, 3.8) is 0 Å². The molecule has 0 saturated carbocycles. The molecule has 1 N–H and O–H groups in total. The van der Waals surface area contributed by atoms with Crippen LogP contribution in [0.4, 0.5) is 10.7 Å². The summed E-state index contributed by atoms with van der Waals surface area (Å²) in [7, 11) is 0. The second kappa shape index (κ2) is 7.73. The van der Waals surface area contributed by atoms with Crippen molar-refractivity contribution in [3.05, 3.63) is 100 Å². The average Bonchev–Trinajstić information content (AvgIpc) is 3.36. The molecule has 2 aromatic carbocycles. The standard InChI is InChI=1S/C22H14ClN3OS/c23-16-10-8-15(9-11-16)20(27)21-19(26-12-4-5-13-26)18(14-24)22(28-21)25-17-6-2-1-3-7-17/h1-13,25H. The number of carbonyl (C=O) groups excluding carboxylic acids is 1. The van der Waals surface area contributed by atoms with Crippen molar-refractivity contribution in [2.75, 3.05) is 5.32 Å². The van der Waals surface area contributed by atoms with Crippen LogP contribution < -0.4 is 5.32 Å². The van der Waals surface area contributed by atoms with Crippen LogP contribution in [-0.2, 0) is 0 Å². The number of rotatable bonds is 5. The van der Waals surface area contributed by atoms with Crippen LogP contribution in [0.15, 0.2) is 79.1 Å². The highest BCUT2D eigenvalue weighted by Gasteiger charge is 2.25. The van der Waals surface area contributed by atoms with Gasteiger partial charge in [0.25, 0.3) is 0 Å². The molecule has 4 aromatic rings. The first kappa shape index (κ1) is 18.1. The van der Waals surface area contributed by atoms with Crippen molar-refractivity contribution in [1.29, 1.82) is 5.26 Å². The number of para-hydroxylation sites is 1. The molecule has 0 atom stereocenters. The molecule has 0 unspecified atom stereocenters. The van der Waals surface area contributed by atoms with Gasteiger partial charge in [-0.05, 0) is 48.5 Å². The van der Waals surface area contributed by atoms with Crippen LogP contribution in [-0.4, -0.2) is 10.4 Å². The molecule has 4 nitrogen and oxygen atoms in total. The number of nitrogens with one attached hydrogen (secondary N) is 1. The minimum absolute atomic E-state index is 0.150. The first-order chi connectivity index (χ1) is 13.7. The Morgan fingerprint density at radius 3 is 2.32 bits per heavy atom. The normalized spacial score (nSPS) is 10.4. The number of nitrogens with zero attached hydrogens (tertiary/aromatic N) is 2. The molecule has 0 spiro atoms. The van der Waals surface area contributed by atoms with Crippen molar-refractivity contribution >= 4 is 39.4 Å². The van der Waals surface area contributed by atoms with E-state index in [1.807, 2.05) is 54.9 Å². The number of aromatic nitrogens is 1. The summed E-state index contributed by atoms with van der Waals surface area (Å²) in [5.41, 5.74) is 2.39. The molecule has 0 aliphatic rings. The molecule has 136 valence electrons. The predicted molar refractivity (Wildman–Crippen MR) is 113 cm³/mol. The summed E-state index contributed by atoms with van der Waals surface area (Å²) in [5.74, 6) is -0.150. The van der Waals surface area contributed by atoms with Gasteiger partial charge in [-0.1, -0.05) is 29.8 Å². The third-order valence-electron chi connectivity index (χ3n) is 4.20. The van der Waals surface area contributed by atoms with Gasteiger partial charge in [0, 0.05) is 28.7 Å². The smallest absolute Gasteiger partial charge is 0.205 e. The van der Waals surface area contributed by atoms with Crippen LogP contribution in [0.5, 0.6) is 0 Å². The summed E-state index contributed by atoms with van der Waals surface area (Å²) in [6.45, 7) is 0. The van der Waals surface area contributed by atoms with Gasteiger partial charge in [-0.3, -0.25) is 4.79 Å². The van der Waals surface area contributed by atoms with Gasteiger partial charge in [0.15, 0.2) is 0 Å². The summed E-state index contributed by atoms with van der Waals surface area (Å²) in [6.07, 6.45) is 3.65. The molecule has 0 bridgehead atoms. The number of thiophene rings is 1. The Morgan fingerprint density at radius 2 is 1.68 bits per heavy atom. The molecule has 2 aromatic heterocycles. The lowest BCUT2D eigenvalue weighted by molar-refractivity contribution is 0.104.